The topological polar surface area (TPSA) is 176 Å². The molecule has 0 unspecified atom stereocenters. The summed E-state index contributed by atoms with van der Waals surface area (Å²) in [5.41, 5.74) is 5.79. The smallest absolute Gasteiger partial charge is 0.543 e. The first-order valence-electron chi connectivity index (χ1n) is 9.43. The van der Waals surface area contributed by atoms with Gasteiger partial charge in [0, 0.05) is 21.8 Å². The van der Waals surface area contributed by atoms with Crippen LogP contribution < -0.4 is 45.7 Å². The summed E-state index contributed by atoms with van der Waals surface area (Å²) in [6, 6.07) is -0.989. The van der Waals surface area contributed by atoms with Crippen LogP contribution in [0.5, 0.6) is 0 Å². The summed E-state index contributed by atoms with van der Waals surface area (Å²) in [6.45, 7) is 0.0127. The molecule has 180 valence electrons. The van der Waals surface area contributed by atoms with Gasteiger partial charge in [-0.05, 0) is 5.57 Å². The Morgan fingerprint density at radius 3 is 2.80 bits per heavy atom. The molecular formula is C18H15ClN5NaO7S3. The number of thiazole rings is 1. The van der Waals surface area contributed by atoms with E-state index in [1.807, 2.05) is 0 Å². The normalized spacial score (nSPS) is 21.8. The third kappa shape index (κ3) is 5.50. The summed E-state index contributed by atoms with van der Waals surface area (Å²) < 4.78 is 4.83. The van der Waals surface area contributed by atoms with Crippen molar-refractivity contribution < 1.29 is 63.4 Å². The summed E-state index contributed by atoms with van der Waals surface area (Å²) in [4.78, 5) is 59.2. The molecule has 0 aliphatic carbocycles. The molecule has 1 aromatic rings. The number of rotatable bonds is 8. The number of aromatic nitrogens is 1. The van der Waals surface area contributed by atoms with Crippen LogP contribution in [0, 0.1) is 0 Å². The fourth-order valence-corrected chi connectivity index (χ4v) is 6.57. The molecule has 0 aromatic carbocycles. The molecule has 4 rings (SSSR count). The van der Waals surface area contributed by atoms with Crippen LogP contribution >= 0.6 is 46.5 Å². The van der Waals surface area contributed by atoms with Gasteiger partial charge in [0.25, 0.3) is 11.8 Å². The van der Waals surface area contributed by atoms with Gasteiger partial charge in [-0.1, -0.05) is 16.8 Å². The third-order valence-electron chi connectivity index (χ3n) is 4.87. The number of esters is 1. The van der Waals surface area contributed by atoms with Crippen molar-refractivity contribution in [3.05, 3.63) is 32.3 Å². The Bertz CT molecular complexity index is 1190. The molecule has 1 saturated heterocycles. The van der Waals surface area contributed by atoms with Crippen molar-refractivity contribution in [2.24, 2.45) is 5.16 Å². The maximum absolute atomic E-state index is 12.8. The monoisotopic (exact) mass is 567 g/mol. The van der Waals surface area contributed by atoms with Crippen LogP contribution in [-0.4, -0.2) is 76.0 Å². The minimum Gasteiger partial charge on any atom is -0.543 e. The molecule has 4 heterocycles. The summed E-state index contributed by atoms with van der Waals surface area (Å²) in [5.74, 6) is -3.06. The minimum absolute atomic E-state index is 0. The molecule has 3 N–H and O–H groups in total. The van der Waals surface area contributed by atoms with E-state index in [4.69, 9.17) is 26.9 Å². The molecule has 12 nitrogen and oxygen atoms in total. The Morgan fingerprint density at radius 2 is 2.23 bits per heavy atom. The second-order valence-electron chi connectivity index (χ2n) is 6.90. The number of aliphatic carboxylic acids is 1. The quantitative estimate of drug-likeness (QED) is 0.104. The number of cyclic esters (lactones) is 1. The van der Waals surface area contributed by atoms with Crippen LogP contribution in [0.4, 0.5) is 5.13 Å². The number of nitrogens with two attached hydrogens (primary N) is 1. The second kappa shape index (κ2) is 11.5. The summed E-state index contributed by atoms with van der Waals surface area (Å²) in [7, 11) is 1.25. The molecule has 1 fully saturated rings. The number of anilines is 1. The van der Waals surface area contributed by atoms with Crippen molar-refractivity contribution in [2.75, 3.05) is 31.0 Å². The molecule has 0 spiro atoms. The maximum atomic E-state index is 12.8. The zero-order chi connectivity index (χ0) is 24.6. The number of carbonyl (C=O) groups is 4. The minimum atomic E-state index is -1.52. The fourth-order valence-electron chi connectivity index (χ4n) is 3.34. The molecule has 0 radical (unpaired) electrons. The molecule has 2 amide bonds. The van der Waals surface area contributed by atoms with Gasteiger partial charge in [0.15, 0.2) is 10.8 Å². The SMILES string of the molecule is CO/N=C(\C(=O)N[C@@H]1C(=O)N2C(C(=O)[O-])=C(CSC3=C(Cl)C(=O)OC3)CS[C@@H]12)c1csc(N)n1.[Na+]. The van der Waals surface area contributed by atoms with Gasteiger partial charge in [0.2, 0.25) is 0 Å². The molecule has 3 aliphatic rings. The number of carboxylic acids is 1. The van der Waals surface area contributed by atoms with Gasteiger partial charge < -0.3 is 30.5 Å². The number of oxime groups is 1. The van der Waals surface area contributed by atoms with Crippen LogP contribution in [0.2, 0.25) is 0 Å². The number of amides is 2. The number of ether oxygens (including phenoxy) is 1. The van der Waals surface area contributed by atoms with E-state index in [1.165, 1.54) is 24.3 Å². The van der Waals surface area contributed by atoms with Crippen molar-refractivity contribution in [3.63, 3.8) is 0 Å². The summed E-state index contributed by atoms with van der Waals surface area (Å²) in [5, 5.41) is 19.2. The number of hydrogen-bond donors (Lipinski definition) is 2. The van der Waals surface area contributed by atoms with Crippen molar-refractivity contribution >= 4 is 81.1 Å². The van der Waals surface area contributed by atoms with E-state index in [0.717, 1.165) is 28.0 Å². The number of nitrogen functional groups attached to an aromatic ring is 1. The number of hydrogen-bond acceptors (Lipinski definition) is 13. The van der Waals surface area contributed by atoms with Gasteiger partial charge in [-0.3, -0.25) is 14.5 Å². The van der Waals surface area contributed by atoms with Crippen molar-refractivity contribution in [3.8, 4) is 0 Å². The third-order valence-corrected chi connectivity index (χ3v) is 8.54. The van der Waals surface area contributed by atoms with E-state index in [-0.39, 0.29) is 74.9 Å². The van der Waals surface area contributed by atoms with Crippen molar-refractivity contribution in [2.45, 2.75) is 11.4 Å². The van der Waals surface area contributed by atoms with Gasteiger partial charge in [-0.2, -0.15) is 0 Å². The predicted octanol–water partition coefficient (Wildman–Crippen LogP) is -3.78. The summed E-state index contributed by atoms with van der Waals surface area (Å²) in [6.07, 6.45) is 0. The van der Waals surface area contributed by atoms with Crippen molar-refractivity contribution in [1.29, 1.82) is 0 Å². The van der Waals surface area contributed by atoms with Gasteiger partial charge >= 0.3 is 35.5 Å². The van der Waals surface area contributed by atoms with Gasteiger partial charge in [0.05, 0.1) is 11.7 Å². The van der Waals surface area contributed by atoms with E-state index < -0.39 is 35.2 Å². The number of β-lactam (4-membered cyclic amide) rings is 1. The number of carboxylic acid groups (broad SMARTS) is 1. The maximum Gasteiger partial charge on any atom is 1.00 e. The van der Waals surface area contributed by atoms with Crippen LogP contribution in [0.25, 0.3) is 0 Å². The van der Waals surface area contributed by atoms with Crippen molar-refractivity contribution in [1.82, 2.24) is 15.2 Å². The molecule has 1 aromatic heterocycles. The van der Waals surface area contributed by atoms with E-state index in [2.05, 4.69) is 15.5 Å². The number of thioether (sulfide) groups is 2. The van der Waals surface area contributed by atoms with Gasteiger partial charge in [0.1, 0.15) is 35.9 Å². The average molecular weight is 568 g/mol. The largest absolute Gasteiger partial charge is 1.00 e. The van der Waals surface area contributed by atoms with E-state index in [1.54, 1.807) is 0 Å². The number of nitrogens with one attached hydrogen (secondary N) is 1. The first-order chi connectivity index (χ1) is 16.2. The zero-order valence-corrected chi connectivity index (χ0v) is 23.4. The average Bonchev–Trinajstić information content (AvgIpc) is 3.38. The first-order valence-corrected chi connectivity index (χ1v) is 12.7. The van der Waals surface area contributed by atoms with E-state index in [0.29, 0.717) is 10.5 Å². The van der Waals surface area contributed by atoms with Crippen LogP contribution in [0.15, 0.2) is 31.7 Å². The van der Waals surface area contributed by atoms with Crippen LogP contribution in [0.1, 0.15) is 5.69 Å². The van der Waals surface area contributed by atoms with E-state index in [9.17, 15) is 24.3 Å². The number of fused-ring (bicyclic) bond motifs is 1. The molecule has 0 bridgehead atoms. The Balaban J connectivity index is 0.00000342. The predicted molar refractivity (Wildman–Crippen MR) is 123 cm³/mol. The molecule has 35 heavy (non-hydrogen) atoms. The molecule has 17 heteroatoms. The van der Waals surface area contributed by atoms with Crippen LogP contribution in [0.3, 0.4) is 0 Å². The standard InChI is InChI=1S/C18H16ClN5O7S3.Na/c1-30-23-10(7-5-34-18(20)21-7)13(25)22-11-14(26)24-12(16(27)28)6(4-33-15(11)24)3-32-8-2-31-17(29)9(8)19;/h5,11,15H,2-4H2,1H3,(H2,20,21)(H,22,25)(H,27,28);/q;+1/p-1/b23-10-;/t11-,15+;/m1./s1. The first kappa shape index (κ1) is 27.8. The van der Waals surface area contributed by atoms with E-state index >= 15 is 0 Å². The molecular weight excluding hydrogens is 553 g/mol. The number of halogens is 1. The molecule has 3 aliphatic heterocycles. The summed E-state index contributed by atoms with van der Waals surface area (Å²) >= 11 is 9.44. The fraction of sp³-hybridized carbons (Fsp3) is 0.333. The molecule has 2 atom stereocenters. The van der Waals surface area contributed by atoms with Gasteiger partial charge in [-0.15, -0.1) is 34.9 Å². The molecule has 0 saturated carbocycles. The Morgan fingerprint density at radius 1 is 1.49 bits per heavy atom. The number of nitrogens with zero attached hydrogens (tertiary/aromatic N) is 3. The second-order valence-corrected chi connectivity index (χ2v) is 10.3. The zero-order valence-electron chi connectivity index (χ0n) is 18.2. The Kier molecular flexibility index (Phi) is 9.17. The van der Waals surface area contributed by atoms with Crippen LogP contribution in [-0.2, 0) is 28.8 Å². The number of carbonyl (C=O) groups excluding carboxylic acids is 4. The Labute approximate surface area is 237 Å². The Hall–Kier alpha value is -1.75. The van der Waals surface area contributed by atoms with Gasteiger partial charge in [-0.25, -0.2) is 9.78 Å².